The molecule has 38 heavy (non-hydrogen) atoms. The minimum Gasteiger partial charge on any atom is -0.482 e. The highest BCUT2D eigenvalue weighted by Crippen LogP contribution is 2.48. The summed E-state index contributed by atoms with van der Waals surface area (Å²) in [6, 6.07) is 15.9. The van der Waals surface area contributed by atoms with Gasteiger partial charge < -0.3 is 19.5 Å². The van der Waals surface area contributed by atoms with Crippen LogP contribution in [-0.2, 0) is 33.7 Å². The maximum absolute atomic E-state index is 12.3. The first-order chi connectivity index (χ1) is 18.6. The summed E-state index contributed by atoms with van der Waals surface area (Å²) in [7, 11) is 1.62. The van der Waals surface area contributed by atoms with Crippen molar-refractivity contribution in [2.24, 2.45) is 17.8 Å². The Morgan fingerprint density at radius 1 is 1.00 bits per heavy atom. The maximum atomic E-state index is 12.3. The summed E-state index contributed by atoms with van der Waals surface area (Å²) in [4.78, 5) is 24.2. The summed E-state index contributed by atoms with van der Waals surface area (Å²) in [5, 5.41) is 2.61. The number of fused-ring (bicyclic) bond motifs is 2. The third-order valence-electron chi connectivity index (χ3n) is 8.33. The van der Waals surface area contributed by atoms with Gasteiger partial charge in [-0.25, -0.2) is 9.59 Å². The third-order valence-corrected chi connectivity index (χ3v) is 8.33. The standard InChI is InChI=1S/C32H43NO5/c1-3-4-6-13-27(38-32(35)33-2)18-17-24-15-16-26-20-29-25(19-28(24)26)12-9-14-30(29)36-22-31(34)37-21-23-10-7-5-8-11-23/h5,7-12,14,24,26-28H,3-4,6,13,15-22H2,1-2H3,(H,33,35)/t24-,26-,27+,28-/m1/s1. The van der Waals surface area contributed by atoms with Gasteiger partial charge in [0.25, 0.3) is 0 Å². The van der Waals surface area contributed by atoms with Crippen molar-refractivity contribution in [1.82, 2.24) is 5.32 Å². The number of hydrogen-bond donors (Lipinski definition) is 1. The van der Waals surface area contributed by atoms with Gasteiger partial charge in [-0.2, -0.15) is 0 Å². The van der Waals surface area contributed by atoms with Crippen LogP contribution < -0.4 is 10.1 Å². The van der Waals surface area contributed by atoms with E-state index in [1.807, 2.05) is 42.5 Å². The Morgan fingerprint density at radius 3 is 2.63 bits per heavy atom. The zero-order valence-corrected chi connectivity index (χ0v) is 23.0. The van der Waals surface area contributed by atoms with Crippen molar-refractivity contribution < 1.29 is 23.8 Å². The van der Waals surface area contributed by atoms with Gasteiger partial charge in [0.1, 0.15) is 18.5 Å². The number of amides is 1. The van der Waals surface area contributed by atoms with Gasteiger partial charge in [0.15, 0.2) is 6.61 Å². The van der Waals surface area contributed by atoms with Crippen LogP contribution in [0.1, 0.15) is 75.0 Å². The summed E-state index contributed by atoms with van der Waals surface area (Å²) in [6.07, 6.45) is 10.6. The molecule has 2 aliphatic rings. The van der Waals surface area contributed by atoms with Crippen LogP contribution >= 0.6 is 0 Å². The van der Waals surface area contributed by atoms with Crippen LogP contribution in [0.4, 0.5) is 4.79 Å². The molecule has 1 fully saturated rings. The Labute approximate surface area is 227 Å². The summed E-state index contributed by atoms with van der Waals surface area (Å²) >= 11 is 0. The summed E-state index contributed by atoms with van der Waals surface area (Å²) in [5.41, 5.74) is 3.56. The SMILES string of the molecule is CCCCC[C@@H](CC[C@H]1CC[C@@H]2Cc3c(cccc3OCC(=O)OCc3ccccc3)C[C@H]12)OC(=O)NC. The molecule has 6 heteroatoms. The van der Waals surface area contributed by atoms with Crippen molar-refractivity contribution in [3.63, 3.8) is 0 Å². The van der Waals surface area contributed by atoms with E-state index in [-0.39, 0.29) is 31.4 Å². The first kappa shape index (κ1) is 28.0. The smallest absolute Gasteiger partial charge is 0.407 e. The van der Waals surface area contributed by atoms with Gasteiger partial charge in [-0.1, -0.05) is 62.2 Å². The molecule has 2 aliphatic carbocycles. The van der Waals surface area contributed by atoms with Crippen molar-refractivity contribution in [1.29, 1.82) is 0 Å². The molecule has 2 aromatic carbocycles. The lowest BCUT2D eigenvalue weighted by atomic mass is 9.73. The van der Waals surface area contributed by atoms with Gasteiger partial charge in [-0.05, 0) is 91.9 Å². The minimum absolute atomic E-state index is 0.00178. The number of alkyl carbamates (subject to hydrolysis) is 1. The van der Waals surface area contributed by atoms with Gasteiger partial charge in [-0.3, -0.25) is 0 Å². The number of carbonyl (C=O) groups excluding carboxylic acids is 2. The Balaban J connectivity index is 1.30. The fourth-order valence-corrected chi connectivity index (χ4v) is 6.28. The van der Waals surface area contributed by atoms with Crippen LogP contribution in [-0.4, -0.2) is 31.8 Å². The number of hydrogen-bond acceptors (Lipinski definition) is 5. The lowest BCUT2D eigenvalue weighted by molar-refractivity contribution is -0.147. The van der Waals surface area contributed by atoms with E-state index in [1.165, 1.54) is 36.8 Å². The number of esters is 1. The van der Waals surface area contributed by atoms with Crippen molar-refractivity contribution in [3.8, 4) is 5.75 Å². The molecule has 4 atom stereocenters. The van der Waals surface area contributed by atoms with Crippen LogP contribution in [0, 0.1) is 17.8 Å². The average Bonchev–Trinajstić information content (AvgIpc) is 3.34. The molecule has 206 valence electrons. The van der Waals surface area contributed by atoms with Crippen LogP contribution in [0.25, 0.3) is 0 Å². The third kappa shape index (κ3) is 7.75. The van der Waals surface area contributed by atoms with Crippen LogP contribution in [0.15, 0.2) is 48.5 Å². The van der Waals surface area contributed by atoms with Gasteiger partial charge in [0.05, 0.1) is 0 Å². The van der Waals surface area contributed by atoms with Crippen molar-refractivity contribution in [2.45, 2.75) is 83.8 Å². The number of benzene rings is 2. The molecule has 6 nitrogen and oxygen atoms in total. The van der Waals surface area contributed by atoms with Crippen molar-refractivity contribution in [2.75, 3.05) is 13.7 Å². The molecular weight excluding hydrogens is 478 g/mol. The molecule has 0 aliphatic heterocycles. The van der Waals surface area contributed by atoms with E-state index in [4.69, 9.17) is 14.2 Å². The van der Waals surface area contributed by atoms with E-state index >= 15 is 0 Å². The second kappa shape index (κ2) is 14.2. The number of carbonyl (C=O) groups is 2. The molecule has 0 unspecified atom stereocenters. The van der Waals surface area contributed by atoms with E-state index in [0.29, 0.717) is 17.8 Å². The van der Waals surface area contributed by atoms with E-state index in [9.17, 15) is 9.59 Å². The van der Waals surface area contributed by atoms with Crippen LogP contribution in [0.2, 0.25) is 0 Å². The molecule has 4 rings (SSSR count). The molecule has 2 aromatic rings. The van der Waals surface area contributed by atoms with E-state index in [1.54, 1.807) is 7.05 Å². The molecular formula is C32H43NO5. The molecule has 0 aromatic heterocycles. The molecule has 0 bridgehead atoms. The lowest BCUT2D eigenvalue weighted by Gasteiger charge is -2.32. The Hall–Kier alpha value is -3.02. The molecule has 1 saturated carbocycles. The van der Waals surface area contributed by atoms with Gasteiger partial charge in [-0.15, -0.1) is 0 Å². The first-order valence-corrected chi connectivity index (χ1v) is 14.4. The molecule has 0 saturated heterocycles. The van der Waals surface area contributed by atoms with E-state index < -0.39 is 0 Å². The van der Waals surface area contributed by atoms with Crippen LogP contribution in [0.5, 0.6) is 5.75 Å². The Kier molecular flexibility index (Phi) is 10.5. The summed E-state index contributed by atoms with van der Waals surface area (Å²) in [5.74, 6) is 2.42. The average molecular weight is 522 g/mol. The molecule has 0 radical (unpaired) electrons. The zero-order chi connectivity index (χ0) is 26.7. The number of rotatable bonds is 13. The highest BCUT2D eigenvalue weighted by Gasteiger charge is 2.40. The number of unbranched alkanes of at least 4 members (excludes halogenated alkanes) is 2. The monoisotopic (exact) mass is 521 g/mol. The first-order valence-electron chi connectivity index (χ1n) is 14.4. The van der Waals surface area contributed by atoms with Gasteiger partial charge in [0.2, 0.25) is 0 Å². The second-order valence-electron chi connectivity index (χ2n) is 10.8. The van der Waals surface area contributed by atoms with E-state index in [2.05, 4.69) is 18.3 Å². The topological polar surface area (TPSA) is 73.9 Å². The van der Waals surface area contributed by atoms with Gasteiger partial charge >= 0.3 is 12.1 Å². The highest BCUT2D eigenvalue weighted by molar-refractivity contribution is 5.71. The fraction of sp³-hybridized carbons (Fsp3) is 0.562. The highest BCUT2D eigenvalue weighted by atomic mass is 16.6. The zero-order valence-electron chi connectivity index (χ0n) is 23.0. The van der Waals surface area contributed by atoms with Crippen LogP contribution in [0.3, 0.4) is 0 Å². The predicted octanol–water partition coefficient (Wildman–Crippen LogP) is 6.63. The molecule has 0 spiro atoms. The maximum Gasteiger partial charge on any atom is 0.407 e. The van der Waals surface area contributed by atoms with Gasteiger partial charge in [0, 0.05) is 7.05 Å². The Bertz CT molecular complexity index is 1040. The second-order valence-corrected chi connectivity index (χ2v) is 10.8. The molecule has 1 amide bonds. The summed E-state index contributed by atoms with van der Waals surface area (Å²) < 4.78 is 17.1. The normalized spacial score (nSPS) is 20.6. The Morgan fingerprint density at radius 2 is 1.84 bits per heavy atom. The lowest BCUT2D eigenvalue weighted by Crippen LogP contribution is -2.28. The predicted molar refractivity (Wildman–Crippen MR) is 148 cm³/mol. The molecule has 1 N–H and O–H groups in total. The summed E-state index contributed by atoms with van der Waals surface area (Å²) in [6.45, 7) is 2.38. The fourth-order valence-electron chi connectivity index (χ4n) is 6.28. The van der Waals surface area contributed by atoms with Crippen molar-refractivity contribution in [3.05, 3.63) is 65.2 Å². The van der Waals surface area contributed by atoms with Crippen molar-refractivity contribution >= 4 is 12.1 Å². The van der Waals surface area contributed by atoms with E-state index in [0.717, 1.165) is 49.8 Å². The minimum atomic E-state index is -0.353. The largest absolute Gasteiger partial charge is 0.482 e. The number of nitrogens with one attached hydrogen (secondary N) is 1. The number of ether oxygens (including phenoxy) is 3. The molecule has 0 heterocycles. The quantitative estimate of drug-likeness (QED) is 0.236.